The zero-order chi connectivity index (χ0) is 27.5. The first-order chi connectivity index (χ1) is 18.9. The molecule has 5 rings (SSSR count). The molecule has 200 valence electrons. The van der Waals surface area contributed by atoms with E-state index in [1.54, 1.807) is 17.6 Å². The largest absolute Gasteiger partial charge is 0.496 e. The molecular weight excluding hydrogens is 549 g/mol. The fourth-order valence-electron chi connectivity index (χ4n) is 5.41. The first-order valence-electron chi connectivity index (χ1n) is 12.9. The van der Waals surface area contributed by atoms with E-state index < -0.39 is 0 Å². The number of rotatable bonds is 7. The van der Waals surface area contributed by atoms with E-state index in [1.807, 2.05) is 66.5 Å². The molecule has 1 aromatic heterocycles. The van der Waals surface area contributed by atoms with E-state index in [0.717, 1.165) is 52.5 Å². The van der Waals surface area contributed by atoms with Crippen LogP contribution in [0.25, 0.3) is 21.2 Å². The molecule has 4 aromatic rings. The summed E-state index contributed by atoms with van der Waals surface area (Å²) in [7, 11) is 3.54. The number of hydrogen-bond acceptors (Lipinski definition) is 5. The minimum atomic E-state index is -0.0668. The average Bonchev–Trinajstić information content (AvgIpc) is 3.31. The molecule has 0 saturated heterocycles. The van der Waals surface area contributed by atoms with Crippen LogP contribution in [0.3, 0.4) is 0 Å². The lowest BCUT2D eigenvalue weighted by Crippen LogP contribution is -2.44. The summed E-state index contributed by atoms with van der Waals surface area (Å²) < 4.78 is 8.49. The van der Waals surface area contributed by atoms with E-state index in [4.69, 9.17) is 28.1 Å². The van der Waals surface area contributed by atoms with Crippen molar-refractivity contribution in [1.82, 2.24) is 9.32 Å². The Morgan fingerprint density at radius 2 is 1.74 bits per heavy atom. The maximum Gasteiger partial charge on any atom is 0.266 e. The van der Waals surface area contributed by atoms with Gasteiger partial charge in [0.25, 0.3) is 5.91 Å². The van der Waals surface area contributed by atoms with Crippen LogP contribution in [0, 0.1) is 11.3 Å². The molecule has 0 atom stereocenters. The molecule has 3 aromatic carbocycles. The number of nitrogens with zero attached hydrogens (tertiary/aromatic N) is 3. The lowest BCUT2D eigenvalue weighted by atomic mass is 9.89. The van der Waals surface area contributed by atoms with Crippen molar-refractivity contribution in [3.05, 3.63) is 87.8 Å². The number of carbonyl (C=O) groups excluding carboxylic acids is 1. The number of ether oxygens (including phenoxy) is 1. The van der Waals surface area contributed by atoms with Gasteiger partial charge in [-0.05, 0) is 78.9 Å². The van der Waals surface area contributed by atoms with E-state index >= 15 is 0 Å². The van der Waals surface area contributed by atoms with Crippen molar-refractivity contribution < 1.29 is 9.53 Å². The Balaban J connectivity index is 1.53. The molecule has 1 fully saturated rings. The summed E-state index contributed by atoms with van der Waals surface area (Å²) >= 11 is 14.5. The van der Waals surface area contributed by atoms with Gasteiger partial charge in [0.05, 0.1) is 23.8 Å². The fourth-order valence-corrected chi connectivity index (χ4v) is 7.07. The Hall–Kier alpha value is -3.08. The van der Waals surface area contributed by atoms with Crippen molar-refractivity contribution in [2.75, 3.05) is 14.2 Å². The summed E-state index contributed by atoms with van der Waals surface area (Å²) in [6, 6.07) is 23.9. The Morgan fingerprint density at radius 1 is 1.03 bits per heavy atom. The monoisotopic (exact) mass is 577 g/mol. The highest BCUT2D eigenvalue weighted by molar-refractivity contribution is 7.21. The van der Waals surface area contributed by atoms with Crippen molar-refractivity contribution in [3.8, 4) is 22.9 Å². The number of carbonyl (C=O) groups is 1. The summed E-state index contributed by atoms with van der Waals surface area (Å²) in [6.07, 6.45) is 3.52. The van der Waals surface area contributed by atoms with Gasteiger partial charge in [0.2, 0.25) is 0 Å². The molecule has 0 spiro atoms. The Morgan fingerprint density at radius 3 is 2.44 bits per heavy atom. The molecule has 1 amide bonds. The quantitative estimate of drug-likeness (QED) is 0.208. The minimum Gasteiger partial charge on any atom is -0.496 e. The number of amides is 1. The Kier molecular flexibility index (Phi) is 8.44. The number of hydrogen-bond donors (Lipinski definition) is 0. The SMILES string of the molecule is COc1ccc(-c2cccc(C#N)c2)cc1CN(C(=O)c1sc2ccccc2c1Cl)C1CCC(N(C)Cl)CC1. The third kappa shape index (κ3) is 5.78. The van der Waals surface area contributed by atoms with Gasteiger partial charge in [0.15, 0.2) is 0 Å². The van der Waals surface area contributed by atoms with Gasteiger partial charge in [-0.2, -0.15) is 5.26 Å². The van der Waals surface area contributed by atoms with Crippen molar-refractivity contribution in [2.45, 2.75) is 44.3 Å². The molecule has 0 aliphatic heterocycles. The Labute approximate surface area is 243 Å². The van der Waals surface area contributed by atoms with Crippen LogP contribution in [0.15, 0.2) is 66.7 Å². The summed E-state index contributed by atoms with van der Waals surface area (Å²) in [4.78, 5) is 16.8. The van der Waals surface area contributed by atoms with Crippen LogP contribution in [0.2, 0.25) is 5.02 Å². The van der Waals surface area contributed by atoms with Crippen LogP contribution in [0.4, 0.5) is 0 Å². The molecule has 0 radical (unpaired) electrons. The number of thiophene rings is 1. The summed E-state index contributed by atoms with van der Waals surface area (Å²) in [5, 5.41) is 10.8. The van der Waals surface area contributed by atoms with Gasteiger partial charge in [0.1, 0.15) is 10.6 Å². The average molecular weight is 579 g/mol. The molecule has 5 nitrogen and oxygen atoms in total. The van der Waals surface area contributed by atoms with E-state index in [1.165, 1.54) is 11.3 Å². The molecular formula is C31H29Cl2N3O2S. The topological polar surface area (TPSA) is 56.6 Å². The van der Waals surface area contributed by atoms with Gasteiger partial charge >= 0.3 is 0 Å². The van der Waals surface area contributed by atoms with Crippen LogP contribution in [0.1, 0.15) is 46.5 Å². The van der Waals surface area contributed by atoms with E-state index in [-0.39, 0.29) is 18.0 Å². The first kappa shape index (κ1) is 27.5. The number of nitriles is 1. The molecule has 1 saturated carbocycles. The van der Waals surface area contributed by atoms with Gasteiger partial charge in [0, 0.05) is 41.3 Å². The molecule has 0 N–H and O–H groups in total. The van der Waals surface area contributed by atoms with Gasteiger partial charge in [-0.3, -0.25) is 4.79 Å². The highest BCUT2D eigenvalue weighted by Gasteiger charge is 2.33. The molecule has 39 heavy (non-hydrogen) atoms. The lowest BCUT2D eigenvalue weighted by molar-refractivity contribution is 0.0589. The second-order valence-electron chi connectivity index (χ2n) is 9.88. The molecule has 0 bridgehead atoms. The number of halogens is 2. The number of benzene rings is 3. The second-order valence-corrected chi connectivity index (χ2v) is 11.8. The van der Waals surface area contributed by atoms with Gasteiger partial charge < -0.3 is 9.64 Å². The van der Waals surface area contributed by atoms with Crippen molar-refractivity contribution in [2.24, 2.45) is 0 Å². The molecule has 8 heteroatoms. The van der Waals surface area contributed by atoms with Crippen LogP contribution in [0.5, 0.6) is 5.75 Å². The van der Waals surface area contributed by atoms with Crippen LogP contribution >= 0.6 is 34.7 Å². The standard InChI is InChI=1S/C31H29Cl2N3O2S/c1-35(33)24-11-13-25(14-12-24)36(31(37)30-29(32)26-8-3-4-9-28(26)39-30)19-23-17-22(10-15-27(23)38-2)21-7-5-6-20(16-21)18-34/h3-10,15-17,24-25H,11-14,19H2,1-2H3. The second kappa shape index (κ2) is 12.0. The Bertz CT molecular complexity index is 1540. The van der Waals surface area contributed by atoms with E-state index in [2.05, 4.69) is 12.1 Å². The van der Waals surface area contributed by atoms with Crippen LogP contribution in [-0.4, -0.2) is 41.5 Å². The van der Waals surface area contributed by atoms with Gasteiger partial charge in [-0.1, -0.05) is 48.0 Å². The van der Waals surface area contributed by atoms with Crippen molar-refractivity contribution in [3.63, 3.8) is 0 Å². The summed E-state index contributed by atoms with van der Waals surface area (Å²) in [5.74, 6) is 0.646. The number of fused-ring (bicyclic) bond motifs is 1. The summed E-state index contributed by atoms with van der Waals surface area (Å²) in [6.45, 7) is 0.379. The highest BCUT2D eigenvalue weighted by atomic mass is 35.5. The predicted molar refractivity (Wildman–Crippen MR) is 160 cm³/mol. The zero-order valence-electron chi connectivity index (χ0n) is 21.9. The fraction of sp³-hybridized carbons (Fsp3) is 0.290. The van der Waals surface area contributed by atoms with Gasteiger partial charge in [-0.25, -0.2) is 4.42 Å². The smallest absolute Gasteiger partial charge is 0.266 e. The van der Waals surface area contributed by atoms with Crippen LogP contribution < -0.4 is 4.74 Å². The molecule has 1 heterocycles. The molecule has 1 aliphatic carbocycles. The normalized spacial score (nSPS) is 17.2. The minimum absolute atomic E-state index is 0.0434. The third-order valence-corrected chi connectivity index (χ3v) is 9.49. The molecule has 0 unspecified atom stereocenters. The molecule has 1 aliphatic rings. The highest BCUT2D eigenvalue weighted by Crippen LogP contribution is 2.38. The van der Waals surface area contributed by atoms with Crippen molar-refractivity contribution in [1.29, 1.82) is 5.26 Å². The lowest BCUT2D eigenvalue weighted by Gasteiger charge is -2.38. The third-order valence-electron chi connectivity index (χ3n) is 7.55. The zero-order valence-corrected chi connectivity index (χ0v) is 24.2. The van der Waals surface area contributed by atoms with Gasteiger partial charge in [-0.15, -0.1) is 11.3 Å². The van der Waals surface area contributed by atoms with E-state index in [9.17, 15) is 10.1 Å². The number of methoxy groups -OCH3 is 1. The maximum absolute atomic E-state index is 14.2. The van der Waals surface area contributed by atoms with Crippen LogP contribution in [-0.2, 0) is 6.54 Å². The van der Waals surface area contributed by atoms with Crippen molar-refractivity contribution >= 4 is 50.7 Å². The maximum atomic E-state index is 14.2. The summed E-state index contributed by atoms with van der Waals surface area (Å²) in [5.41, 5.74) is 3.40. The predicted octanol–water partition coefficient (Wildman–Crippen LogP) is 8.14. The first-order valence-corrected chi connectivity index (χ1v) is 14.5. The van der Waals surface area contributed by atoms with E-state index in [0.29, 0.717) is 27.8 Å².